The first-order valence-corrected chi connectivity index (χ1v) is 6.66. The van der Waals surface area contributed by atoms with Gasteiger partial charge in [-0.05, 0) is 40.7 Å². The van der Waals surface area contributed by atoms with Gasteiger partial charge in [-0.25, -0.2) is 4.98 Å². The molecule has 5 nitrogen and oxygen atoms in total. The fourth-order valence-electron chi connectivity index (χ4n) is 1.34. The Morgan fingerprint density at radius 3 is 2.94 bits per heavy atom. The summed E-state index contributed by atoms with van der Waals surface area (Å²) in [6.07, 6.45) is 1.42. The highest BCUT2D eigenvalue weighted by atomic mass is 79.9. The van der Waals surface area contributed by atoms with Gasteiger partial charge in [0.15, 0.2) is 0 Å². The molecule has 7 heteroatoms. The van der Waals surface area contributed by atoms with Crippen LogP contribution in [0.1, 0.15) is 34.0 Å². The largest absolute Gasteiger partial charge is 0.342 e. The van der Waals surface area contributed by atoms with Gasteiger partial charge < -0.3 is 5.32 Å². The summed E-state index contributed by atoms with van der Waals surface area (Å²) in [5.41, 5.74) is 1.06. The molecular weight excluding hydrogens is 304 g/mol. The van der Waals surface area contributed by atoms with Crippen LogP contribution in [-0.2, 0) is 0 Å². The zero-order chi connectivity index (χ0) is 12.4. The lowest BCUT2D eigenvalue weighted by Gasteiger charge is -2.10. The molecule has 0 radical (unpaired) electrons. The standard InChI is InChI=1S/C10H11BrN4OS/c1-5-3-17-8(7(5)11)10(16)14-6(2)9-12-4-13-15-9/h3-4,6H,1-2H3,(H,14,16)(H,12,13,15). The molecule has 0 aromatic carbocycles. The molecule has 0 saturated carbocycles. The maximum Gasteiger partial charge on any atom is 0.263 e. The predicted octanol–water partition coefficient (Wildman–Crippen LogP) is 2.43. The lowest BCUT2D eigenvalue weighted by atomic mass is 10.3. The third-order valence-corrected chi connectivity index (χ3v) is 4.68. The first-order valence-electron chi connectivity index (χ1n) is 4.99. The van der Waals surface area contributed by atoms with Crippen molar-refractivity contribution in [2.45, 2.75) is 19.9 Å². The van der Waals surface area contributed by atoms with E-state index in [1.54, 1.807) is 0 Å². The van der Waals surface area contributed by atoms with Crippen LogP contribution in [0, 0.1) is 6.92 Å². The number of carbonyl (C=O) groups excluding carboxylic acids is 1. The van der Waals surface area contributed by atoms with Crippen molar-refractivity contribution in [3.8, 4) is 0 Å². The van der Waals surface area contributed by atoms with Crippen LogP contribution < -0.4 is 5.32 Å². The Morgan fingerprint density at radius 2 is 2.41 bits per heavy atom. The van der Waals surface area contributed by atoms with E-state index in [1.807, 2.05) is 19.2 Å². The minimum atomic E-state index is -0.195. The van der Waals surface area contributed by atoms with E-state index >= 15 is 0 Å². The van der Waals surface area contributed by atoms with Crippen molar-refractivity contribution < 1.29 is 4.79 Å². The third kappa shape index (κ3) is 2.55. The van der Waals surface area contributed by atoms with E-state index in [-0.39, 0.29) is 11.9 Å². The number of aromatic nitrogens is 3. The molecule has 2 aromatic heterocycles. The monoisotopic (exact) mass is 314 g/mol. The van der Waals surface area contributed by atoms with Crippen molar-refractivity contribution in [3.63, 3.8) is 0 Å². The molecule has 2 rings (SSSR count). The molecule has 2 aromatic rings. The van der Waals surface area contributed by atoms with Crippen LogP contribution in [0.15, 0.2) is 16.2 Å². The SMILES string of the molecule is Cc1csc(C(=O)NC(C)c2ncn[nH]2)c1Br. The summed E-state index contributed by atoms with van der Waals surface area (Å²) in [7, 11) is 0. The molecular formula is C10H11BrN4OS. The Hall–Kier alpha value is -1.21. The Morgan fingerprint density at radius 1 is 1.65 bits per heavy atom. The van der Waals surface area contributed by atoms with E-state index in [0.29, 0.717) is 10.7 Å². The molecule has 2 heterocycles. The van der Waals surface area contributed by atoms with Gasteiger partial charge in [0, 0.05) is 4.47 Å². The number of rotatable bonds is 3. The molecule has 0 aliphatic carbocycles. The molecule has 0 aliphatic heterocycles. The van der Waals surface area contributed by atoms with Crippen LogP contribution in [0.3, 0.4) is 0 Å². The average molecular weight is 315 g/mol. The lowest BCUT2D eigenvalue weighted by molar-refractivity contribution is 0.0941. The summed E-state index contributed by atoms with van der Waals surface area (Å²) < 4.78 is 0.852. The zero-order valence-electron chi connectivity index (χ0n) is 9.32. The van der Waals surface area contributed by atoms with Gasteiger partial charge in [-0.3, -0.25) is 9.89 Å². The number of aromatic amines is 1. The van der Waals surface area contributed by atoms with Crippen molar-refractivity contribution in [1.29, 1.82) is 0 Å². The summed E-state index contributed by atoms with van der Waals surface area (Å²) in [4.78, 5) is 16.7. The second-order valence-electron chi connectivity index (χ2n) is 3.63. The number of amides is 1. The topological polar surface area (TPSA) is 70.7 Å². The van der Waals surface area contributed by atoms with Gasteiger partial charge in [-0.2, -0.15) is 5.10 Å². The number of carbonyl (C=O) groups is 1. The van der Waals surface area contributed by atoms with Gasteiger partial charge in [0.05, 0.1) is 6.04 Å². The Labute approximate surface area is 111 Å². The van der Waals surface area contributed by atoms with Crippen molar-refractivity contribution >= 4 is 33.2 Å². The number of halogens is 1. The zero-order valence-corrected chi connectivity index (χ0v) is 11.7. The van der Waals surface area contributed by atoms with Gasteiger partial charge in [0.2, 0.25) is 0 Å². The lowest BCUT2D eigenvalue weighted by Crippen LogP contribution is -2.26. The van der Waals surface area contributed by atoms with Crippen LogP contribution >= 0.6 is 27.3 Å². The van der Waals surface area contributed by atoms with Crippen LogP contribution in [-0.4, -0.2) is 21.1 Å². The second kappa shape index (κ2) is 4.97. The molecule has 0 aliphatic rings. The normalized spacial score (nSPS) is 12.4. The molecule has 1 amide bonds. The Bertz CT molecular complexity index is 522. The Kier molecular flexibility index (Phi) is 3.58. The fourth-order valence-corrected chi connectivity index (χ4v) is 2.91. The maximum absolute atomic E-state index is 12.0. The van der Waals surface area contributed by atoms with Gasteiger partial charge in [0.1, 0.15) is 17.0 Å². The van der Waals surface area contributed by atoms with Crippen LogP contribution in [0.4, 0.5) is 0 Å². The molecule has 1 atom stereocenters. The molecule has 2 N–H and O–H groups in total. The second-order valence-corrected chi connectivity index (χ2v) is 5.30. The highest BCUT2D eigenvalue weighted by molar-refractivity contribution is 9.10. The summed E-state index contributed by atoms with van der Waals surface area (Å²) in [5.74, 6) is 0.529. The number of hydrogen-bond donors (Lipinski definition) is 2. The first kappa shape index (κ1) is 12.3. The van der Waals surface area contributed by atoms with Crippen molar-refractivity contribution in [1.82, 2.24) is 20.5 Å². The highest BCUT2D eigenvalue weighted by Crippen LogP contribution is 2.27. The first-order chi connectivity index (χ1) is 8.09. The smallest absolute Gasteiger partial charge is 0.263 e. The molecule has 90 valence electrons. The van der Waals surface area contributed by atoms with E-state index in [2.05, 4.69) is 36.4 Å². The van der Waals surface area contributed by atoms with Gasteiger partial charge in [0.25, 0.3) is 5.91 Å². The van der Waals surface area contributed by atoms with Gasteiger partial charge in [-0.15, -0.1) is 11.3 Å². The third-order valence-electron chi connectivity index (χ3n) is 2.30. The van der Waals surface area contributed by atoms with Gasteiger partial charge in [-0.1, -0.05) is 0 Å². The quantitative estimate of drug-likeness (QED) is 0.914. The van der Waals surface area contributed by atoms with E-state index in [1.165, 1.54) is 17.7 Å². The van der Waals surface area contributed by atoms with Gasteiger partial charge >= 0.3 is 0 Å². The number of nitrogens with one attached hydrogen (secondary N) is 2. The summed E-state index contributed by atoms with van der Waals surface area (Å²) in [6.45, 7) is 3.81. The number of aryl methyl sites for hydroxylation is 1. The Balaban J connectivity index is 2.10. The van der Waals surface area contributed by atoms with E-state index < -0.39 is 0 Å². The predicted molar refractivity (Wildman–Crippen MR) is 69.0 cm³/mol. The van der Waals surface area contributed by atoms with E-state index in [0.717, 1.165) is 10.0 Å². The summed E-state index contributed by atoms with van der Waals surface area (Å²) in [6, 6.07) is -0.195. The minimum absolute atomic E-state index is 0.112. The van der Waals surface area contributed by atoms with E-state index in [9.17, 15) is 4.79 Å². The molecule has 17 heavy (non-hydrogen) atoms. The highest BCUT2D eigenvalue weighted by Gasteiger charge is 2.17. The summed E-state index contributed by atoms with van der Waals surface area (Å²) >= 11 is 4.82. The number of thiophene rings is 1. The van der Waals surface area contributed by atoms with Crippen LogP contribution in [0.25, 0.3) is 0 Å². The van der Waals surface area contributed by atoms with Crippen LogP contribution in [0.5, 0.6) is 0 Å². The minimum Gasteiger partial charge on any atom is -0.342 e. The number of H-pyrrole nitrogens is 1. The molecule has 0 spiro atoms. The maximum atomic E-state index is 12.0. The van der Waals surface area contributed by atoms with Crippen LogP contribution in [0.2, 0.25) is 0 Å². The molecule has 0 saturated heterocycles. The van der Waals surface area contributed by atoms with E-state index in [4.69, 9.17) is 0 Å². The van der Waals surface area contributed by atoms with Crippen molar-refractivity contribution in [2.24, 2.45) is 0 Å². The fraction of sp³-hybridized carbons (Fsp3) is 0.300. The average Bonchev–Trinajstić information content (AvgIpc) is 2.90. The van der Waals surface area contributed by atoms with Crippen molar-refractivity contribution in [2.75, 3.05) is 0 Å². The molecule has 1 unspecified atom stereocenters. The number of nitrogens with zero attached hydrogens (tertiary/aromatic N) is 2. The van der Waals surface area contributed by atoms with Crippen molar-refractivity contribution in [3.05, 3.63) is 32.4 Å². The molecule has 0 fully saturated rings. The molecule has 0 bridgehead atoms. The number of hydrogen-bond acceptors (Lipinski definition) is 4. The summed E-state index contributed by atoms with van der Waals surface area (Å²) in [5, 5.41) is 11.3.